The highest BCUT2D eigenvalue weighted by molar-refractivity contribution is 5.58. The topological polar surface area (TPSA) is 44.5 Å². The molecule has 0 radical (unpaired) electrons. The van der Waals surface area contributed by atoms with Crippen LogP contribution in [0.1, 0.15) is 6.92 Å². The molecule has 1 fully saturated rings. The van der Waals surface area contributed by atoms with Crippen molar-refractivity contribution in [2.24, 2.45) is 0 Å². The number of anilines is 1. The van der Waals surface area contributed by atoms with Gasteiger partial charge in [-0.3, -0.25) is 0 Å². The second kappa shape index (κ2) is 6.07. The van der Waals surface area contributed by atoms with Crippen molar-refractivity contribution in [2.75, 3.05) is 44.7 Å². The number of methoxy groups -OCH3 is 1. The quantitative estimate of drug-likeness (QED) is 0.723. The molecule has 4 N–H and O–H groups in total. The molecular weight excluding hydrogens is 226 g/mol. The fraction of sp³-hybridized carbons (Fsp3) is 0.571. The first-order valence-electron chi connectivity index (χ1n) is 6.78. The maximum absolute atomic E-state index is 5.44. The number of piperazine rings is 1. The summed E-state index contributed by atoms with van der Waals surface area (Å²) in [5.41, 5.74) is 5.23. The van der Waals surface area contributed by atoms with Gasteiger partial charge in [0.15, 0.2) is 0 Å². The summed E-state index contributed by atoms with van der Waals surface area (Å²) < 4.78 is 5.44. The van der Waals surface area contributed by atoms with E-state index in [1.807, 2.05) is 12.1 Å². The Labute approximate surface area is 109 Å². The molecule has 2 rings (SSSR count). The molecule has 1 aliphatic heterocycles. The highest BCUT2D eigenvalue weighted by Gasteiger charge is 2.25. The molecule has 1 aromatic carbocycles. The second-order valence-corrected chi connectivity index (χ2v) is 5.01. The summed E-state index contributed by atoms with van der Waals surface area (Å²) in [5.74, 6) is 0.978. The van der Waals surface area contributed by atoms with E-state index in [0.29, 0.717) is 6.04 Å². The Balaban J connectivity index is 2.01. The van der Waals surface area contributed by atoms with Gasteiger partial charge in [0.25, 0.3) is 0 Å². The Morgan fingerprint density at radius 1 is 1.33 bits per heavy atom. The zero-order valence-corrected chi connectivity index (χ0v) is 11.5. The van der Waals surface area contributed by atoms with Crippen LogP contribution in [0.5, 0.6) is 5.75 Å². The Morgan fingerprint density at radius 2 is 2.00 bits per heavy atom. The molecule has 18 heavy (non-hydrogen) atoms. The van der Waals surface area contributed by atoms with Gasteiger partial charge in [-0.2, -0.15) is 0 Å². The number of nitrogens with zero attached hydrogens (tertiary/aromatic N) is 1. The molecule has 1 atom stereocenters. The lowest BCUT2D eigenvalue weighted by molar-refractivity contribution is -0.929. The first-order valence-corrected chi connectivity index (χ1v) is 6.78. The number of nitrogens with one attached hydrogen (secondary N) is 1. The van der Waals surface area contributed by atoms with Gasteiger partial charge in [0.1, 0.15) is 18.3 Å². The molecule has 1 aromatic rings. The molecule has 1 heterocycles. The van der Waals surface area contributed by atoms with Gasteiger partial charge in [-0.25, -0.2) is 0 Å². The molecule has 0 saturated carbocycles. The molecule has 0 aromatic heterocycles. The summed E-state index contributed by atoms with van der Waals surface area (Å²) in [5, 5.41) is 0. The first kappa shape index (κ1) is 13.2. The van der Waals surface area contributed by atoms with Crippen molar-refractivity contribution in [1.29, 1.82) is 0 Å². The molecule has 0 spiro atoms. The van der Waals surface area contributed by atoms with Crippen molar-refractivity contribution in [3.05, 3.63) is 24.3 Å². The van der Waals surface area contributed by atoms with Gasteiger partial charge in [-0.1, -0.05) is 12.1 Å². The average Bonchev–Trinajstić information content (AvgIpc) is 2.46. The predicted molar refractivity (Wildman–Crippen MR) is 73.1 cm³/mol. The number of ether oxygens (including phenoxy) is 1. The van der Waals surface area contributed by atoms with Crippen molar-refractivity contribution in [2.45, 2.75) is 13.0 Å². The van der Waals surface area contributed by atoms with Crippen LogP contribution in [0.15, 0.2) is 24.3 Å². The van der Waals surface area contributed by atoms with Gasteiger partial charge in [-0.05, 0) is 19.1 Å². The van der Waals surface area contributed by atoms with Crippen LogP contribution in [0.4, 0.5) is 5.69 Å². The molecular formula is C14H25N3O+2. The maximum atomic E-state index is 5.44. The fourth-order valence-electron chi connectivity index (χ4n) is 2.62. The molecule has 0 amide bonds. The molecule has 4 nitrogen and oxygen atoms in total. The van der Waals surface area contributed by atoms with E-state index in [2.05, 4.69) is 29.7 Å². The zero-order valence-electron chi connectivity index (χ0n) is 11.5. The number of benzene rings is 1. The van der Waals surface area contributed by atoms with E-state index in [4.69, 9.17) is 4.74 Å². The lowest BCUT2D eigenvalue weighted by atomic mass is 10.2. The minimum atomic E-state index is 0.671. The van der Waals surface area contributed by atoms with Crippen LogP contribution in [0.2, 0.25) is 0 Å². The van der Waals surface area contributed by atoms with Crippen LogP contribution in [-0.4, -0.2) is 45.9 Å². The summed E-state index contributed by atoms with van der Waals surface area (Å²) in [6, 6.07) is 8.95. The molecule has 0 unspecified atom stereocenters. The van der Waals surface area contributed by atoms with E-state index in [1.165, 1.54) is 18.8 Å². The zero-order chi connectivity index (χ0) is 13.0. The van der Waals surface area contributed by atoms with Gasteiger partial charge in [0, 0.05) is 0 Å². The number of quaternary nitrogens is 2. The van der Waals surface area contributed by atoms with E-state index in [0.717, 1.165) is 25.4 Å². The third-order valence-electron chi connectivity index (χ3n) is 3.96. The number of hydrogen-bond donors (Lipinski definition) is 2. The number of hydrogen-bond acceptors (Lipinski definition) is 2. The first-order chi connectivity index (χ1) is 8.76. The summed E-state index contributed by atoms with van der Waals surface area (Å²) >= 11 is 0. The molecule has 100 valence electrons. The van der Waals surface area contributed by atoms with Gasteiger partial charge in [0.2, 0.25) is 0 Å². The average molecular weight is 251 g/mol. The highest BCUT2D eigenvalue weighted by Crippen LogP contribution is 2.27. The Kier molecular flexibility index (Phi) is 4.44. The van der Waals surface area contributed by atoms with Crippen molar-refractivity contribution in [3.8, 4) is 5.75 Å². The fourth-order valence-corrected chi connectivity index (χ4v) is 2.62. The minimum absolute atomic E-state index is 0.671. The lowest BCUT2D eigenvalue weighted by Crippen LogP contribution is -3.19. The van der Waals surface area contributed by atoms with E-state index in [1.54, 1.807) is 12.0 Å². The Bertz CT molecular complexity index is 375. The number of rotatable bonds is 4. The highest BCUT2D eigenvalue weighted by atomic mass is 16.5. The monoisotopic (exact) mass is 251 g/mol. The Hall–Kier alpha value is -1.26. The van der Waals surface area contributed by atoms with Crippen molar-refractivity contribution < 1.29 is 15.4 Å². The summed E-state index contributed by atoms with van der Waals surface area (Å²) in [6.45, 7) is 7.88. The van der Waals surface area contributed by atoms with Crippen LogP contribution in [0, 0.1) is 0 Å². The van der Waals surface area contributed by atoms with Crippen LogP contribution in [0.3, 0.4) is 0 Å². The van der Waals surface area contributed by atoms with Crippen LogP contribution in [-0.2, 0) is 0 Å². The summed E-state index contributed by atoms with van der Waals surface area (Å²) in [4.78, 5) is 4.11. The SMILES string of the molecule is COc1ccccc1N1CC[NH+]([C@H](C)C[NH3+])CC1. The molecule has 4 heteroatoms. The van der Waals surface area contributed by atoms with Crippen molar-refractivity contribution in [3.63, 3.8) is 0 Å². The molecule has 0 bridgehead atoms. The molecule has 0 aliphatic carbocycles. The minimum Gasteiger partial charge on any atom is -0.495 e. The standard InChI is InChI=1S/C14H23N3O/c1-12(11-15)16-7-9-17(10-8-16)13-5-3-4-6-14(13)18-2/h3-6,12H,7-11,15H2,1-2H3/p+2/t12-/m1/s1. The second-order valence-electron chi connectivity index (χ2n) is 5.01. The van der Waals surface area contributed by atoms with E-state index in [-0.39, 0.29) is 0 Å². The van der Waals surface area contributed by atoms with Crippen molar-refractivity contribution in [1.82, 2.24) is 0 Å². The maximum Gasteiger partial charge on any atom is 0.142 e. The third kappa shape index (κ3) is 2.76. The van der Waals surface area contributed by atoms with Crippen molar-refractivity contribution >= 4 is 5.69 Å². The summed E-state index contributed by atoms with van der Waals surface area (Å²) in [6.07, 6.45) is 0. The van der Waals surface area contributed by atoms with Crippen LogP contribution >= 0.6 is 0 Å². The molecule has 1 aliphatic rings. The predicted octanol–water partition coefficient (Wildman–Crippen LogP) is -0.969. The van der Waals surface area contributed by atoms with Crippen LogP contribution in [0.25, 0.3) is 0 Å². The smallest absolute Gasteiger partial charge is 0.142 e. The van der Waals surface area contributed by atoms with Crippen LogP contribution < -0.4 is 20.3 Å². The van der Waals surface area contributed by atoms with E-state index in [9.17, 15) is 0 Å². The van der Waals surface area contributed by atoms with E-state index >= 15 is 0 Å². The van der Waals surface area contributed by atoms with Gasteiger partial charge in [0.05, 0.1) is 39.0 Å². The largest absolute Gasteiger partial charge is 0.495 e. The third-order valence-corrected chi connectivity index (χ3v) is 3.96. The van der Waals surface area contributed by atoms with Gasteiger partial charge in [-0.15, -0.1) is 0 Å². The summed E-state index contributed by atoms with van der Waals surface area (Å²) in [7, 11) is 1.74. The van der Waals surface area contributed by atoms with Gasteiger partial charge < -0.3 is 20.3 Å². The Morgan fingerprint density at radius 3 is 2.61 bits per heavy atom. The van der Waals surface area contributed by atoms with Gasteiger partial charge >= 0.3 is 0 Å². The normalized spacial score (nSPS) is 18.7. The van der Waals surface area contributed by atoms with E-state index < -0.39 is 0 Å². The lowest BCUT2D eigenvalue weighted by Gasteiger charge is -2.36. The molecule has 1 saturated heterocycles. The number of para-hydroxylation sites is 2.